The number of nitrogens with zero attached hydrogens (tertiary/aromatic N) is 1. The van der Waals surface area contributed by atoms with Crippen LogP contribution < -0.4 is 5.32 Å². The summed E-state index contributed by atoms with van der Waals surface area (Å²) in [6.45, 7) is 13.8. The van der Waals surface area contributed by atoms with Gasteiger partial charge in [-0.2, -0.15) is 0 Å². The molecule has 1 fully saturated rings. The molecular formula is C14H27N2O2. The van der Waals surface area contributed by atoms with Crippen LogP contribution in [0.15, 0.2) is 0 Å². The Balaban J connectivity index is 2.72. The van der Waals surface area contributed by atoms with Crippen molar-refractivity contribution in [1.29, 1.82) is 0 Å². The predicted octanol–water partition coefficient (Wildman–Crippen LogP) is 2.52. The first-order valence-corrected chi connectivity index (χ1v) is 6.63. The molecule has 0 aliphatic carbocycles. The minimum Gasteiger partial charge on any atom is -0.351 e. The maximum absolute atomic E-state index is 12.2. The van der Waals surface area contributed by atoms with Gasteiger partial charge < -0.3 is 5.32 Å². The Labute approximate surface area is 111 Å². The van der Waals surface area contributed by atoms with Crippen molar-refractivity contribution in [2.45, 2.75) is 78.4 Å². The molecule has 18 heavy (non-hydrogen) atoms. The molecule has 0 aromatic heterocycles. The summed E-state index contributed by atoms with van der Waals surface area (Å²) in [6, 6.07) is -0.0835. The van der Waals surface area contributed by atoms with E-state index in [4.69, 9.17) is 0 Å². The summed E-state index contributed by atoms with van der Waals surface area (Å²) < 4.78 is 0. The number of hydroxylamine groups is 2. The SMILES string of the molecule is CC(C)(C)CC(=O)NC1CC(C)(C)N([O])C1(C)C. The number of carbonyl (C=O) groups is 1. The average molecular weight is 255 g/mol. The van der Waals surface area contributed by atoms with Crippen molar-refractivity contribution < 1.29 is 10.0 Å². The molecule has 1 heterocycles. The van der Waals surface area contributed by atoms with Crippen LogP contribution in [0.2, 0.25) is 0 Å². The summed E-state index contributed by atoms with van der Waals surface area (Å²) in [6.07, 6.45) is 1.18. The highest BCUT2D eigenvalue weighted by molar-refractivity contribution is 5.77. The Morgan fingerprint density at radius 2 is 1.78 bits per heavy atom. The van der Waals surface area contributed by atoms with Crippen LogP contribution in [0.5, 0.6) is 0 Å². The van der Waals surface area contributed by atoms with Gasteiger partial charge in [-0.05, 0) is 39.5 Å². The molecule has 4 nitrogen and oxygen atoms in total. The lowest BCUT2D eigenvalue weighted by Gasteiger charge is -2.34. The van der Waals surface area contributed by atoms with Crippen molar-refractivity contribution in [3.63, 3.8) is 0 Å². The van der Waals surface area contributed by atoms with Crippen LogP contribution in [0.1, 0.15) is 61.3 Å². The fraction of sp³-hybridized carbons (Fsp3) is 0.929. The molecular weight excluding hydrogens is 228 g/mol. The number of hydrogen-bond donors (Lipinski definition) is 1. The molecule has 1 amide bonds. The fourth-order valence-corrected chi connectivity index (χ4v) is 2.71. The van der Waals surface area contributed by atoms with E-state index in [0.717, 1.165) is 5.06 Å². The minimum atomic E-state index is -0.545. The molecule has 1 aliphatic rings. The van der Waals surface area contributed by atoms with E-state index in [0.29, 0.717) is 12.8 Å². The van der Waals surface area contributed by atoms with Gasteiger partial charge in [-0.3, -0.25) is 4.79 Å². The quantitative estimate of drug-likeness (QED) is 0.824. The molecule has 0 aromatic rings. The van der Waals surface area contributed by atoms with E-state index in [2.05, 4.69) is 5.32 Å². The lowest BCUT2D eigenvalue weighted by Crippen LogP contribution is -2.52. The van der Waals surface area contributed by atoms with E-state index in [1.165, 1.54) is 0 Å². The van der Waals surface area contributed by atoms with Crippen molar-refractivity contribution in [2.75, 3.05) is 0 Å². The minimum absolute atomic E-state index is 0.0283. The molecule has 0 bridgehead atoms. The Hall–Kier alpha value is -0.610. The van der Waals surface area contributed by atoms with Gasteiger partial charge in [-0.25, -0.2) is 0 Å². The topological polar surface area (TPSA) is 52.2 Å². The Morgan fingerprint density at radius 1 is 1.28 bits per heavy atom. The van der Waals surface area contributed by atoms with Gasteiger partial charge >= 0.3 is 0 Å². The third-order valence-electron chi connectivity index (χ3n) is 3.66. The zero-order chi connectivity index (χ0) is 14.4. The van der Waals surface area contributed by atoms with Crippen molar-refractivity contribution in [3.8, 4) is 0 Å². The summed E-state index contributed by atoms with van der Waals surface area (Å²) in [5, 5.41) is 16.3. The maximum atomic E-state index is 12.2. The number of hydrogen-bond acceptors (Lipinski definition) is 2. The van der Waals surface area contributed by atoms with Crippen LogP contribution in [-0.2, 0) is 10.0 Å². The van der Waals surface area contributed by atoms with Gasteiger partial charge in [0.1, 0.15) is 0 Å². The summed E-state index contributed by atoms with van der Waals surface area (Å²) in [5.41, 5.74) is -0.986. The molecule has 4 heteroatoms. The standard InChI is InChI=1S/C14H27N2O2/c1-12(2,3)9-11(17)15-10-8-13(4,5)16(18)14(10,6)7/h10H,8-9H2,1-7H3,(H,15,17). The second-order valence-corrected chi connectivity index (χ2v) is 7.82. The van der Waals surface area contributed by atoms with Crippen LogP contribution in [0.25, 0.3) is 0 Å². The Bertz CT molecular complexity index is 329. The van der Waals surface area contributed by atoms with E-state index >= 15 is 0 Å². The molecule has 1 radical (unpaired) electrons. The molecule has 1 saturated heterocycles. The summed E-state index contributed by atoms with van der Waals surface area (Å²) in [7, 11) is 0. The summed E-state index contributed by atoms with van der Waals surface area (Å²) in [4.78, 5) is 12.0. The highest BCUT2D eigenvalue weighted by Gasteiger charge is 2.52. The number of amides is 1. The van der Waals surface area contributed by atoms with Gasteiger partial charge in [-0.1, -0.05) is 20.8 Å². The van der Waals surface area contributed by atoms with Crippen LogP contribution >= 0.6 is 0 Å². The fourth-order valence-electron chi connectivity index (χ4n) is 2.71. The van der Waals surface area contributed by atoms with E-state index in [-0.39, 0.29) is 17.4 Å². The Morgan fingerprint density at radius 3 is 2.11 bits per heavy atom. The molecule has 1 aliphatic heterocycles. The molecule has 1 unspecified atom stereocenters. The first kappa shape index (κ1) is 15.4. The molecule has 0 spiro atoms. The highest BCUT2D eigenvalue weighted by Crippen LogP contribution is 2.39. The molecule has 1 rings (SSSR count). The Kier molecular flexibility index (Phi) is 3.86. The van der Waals surface area contributed by atoms with Crippen LogP contribution in [-0.4, -0.2) is 28.1 Å². The van der Waals surface area contributed by atoms with Crippen LogP contribution in [0, 0.1) is 5.41 Å². The maximum Gasteiger partial charge on any atom is 0.220 e. The first-order valence-electron chi connectivity index (χ1n) is 6.63. The molecule has 105 valence electrons. The third-order valence-corrected chi connectivity index (χ3v) is 3.66. The second kappa shape index (κ2) is 4.49. The van der Waals surface area contributed by atoms with Gasteiger partial charge in [-0.15, -0.1) is 10.3 Å². The number of rotatable bonds is 2. The molecule has 1 atom stereocenters. The van der Waals surface area contributed by atoms with E-state index in [1.807, 2.05) is 48.5 Å². The van der Waals surface area contributed by atoms with Crippen molar-refractivity contribution in [2.24, 2.45) is 5.41 Å². The van der Waals surface area contributed by atoms with E-state index < -0.39 is 11.1 Å². The lowest BCUT2D eigenvalue weighted by molar-refractivity contribution is -0.246. The normalized spacial score (nSPS) is 27.2. The van der Waals surface area contributed by atoms with Gasteiger partial charge in [0.2, 0.25) is 5.91 Å². The largest absolute Gasteiger partial charge is 0.351 e. The predicted molar refractivity (Wildman–Crippen MR) is 71.3 cm³/mol. The number of nitrogens with one attached hydrogen (secondary N) is 1. The third kappa shape index (κ3) is 3.23. The summed E-state index contributed by atoms with van der Waals surface area (Å²) >= 11 is 0. The zero-order valence-corrected chi connectivity index (χ0v) is 12.8. The molecule has 0 aromatic carbocycles. The first-order chi connectivity index (χ1) is 7.86. The smallest absolute Gasteiger partial charge is 0.220 e. The highest BCUT2D eigenvalue weighted by atomic mass is 16.5. The van der Waals surface area contributed by atoms with Crippen molar-refractivity contribution >= 4 is 5.91 Å². The van der Waals surface area contributed by atoms with Gasteiger partial charge in [0.25, 0.3) is 0 Å². The van der Waals surface area contributed by atoms with Gasteiger partial charge in [0.05, 0.1) is 11.6 Å². The van der Waals surface area contributed by atoms with E-state index in [1.54, 1.807) is 0 Å². The van der Waals surface area contributed by atoms with Crippen LogP contribution in [0.3, 0.4) is 0 Å². The van der Waals surface area contributed by atoms with Gasteiger partial charge in [0, 0.05) is 12.0 Å². The number of carbonyl (C=O) groups excluding carboxylic acids is 1. The van der Waals surface area contributed by atoms with Gasteiger partial charge in [0.15, 0.2) is 0 Å². The lowest BCUT2D eigenvalue weighted by atomic mass is 9.90. The van der Waals surface area contributed by atoms with Crippen molar-refractivity contribution in [1.82, 2.24) is 10.4 Å². The average Bonchev–Trinajstić information content (AvgIpc) is 2.24. The zero-order valence-electron chi connectivity index (χ0n) is 12.8. The summed E-state index contributed by atoms with van der Waals surface area (Å²) in [5.74, 6) is 0.0340. The van der Waals surface area contributed by atoms with E-state index in [9.17, 15) is 10.0 Å². The monoisotopic (exact) mass is 255 g/mol. The van der Waals surface area contributed by atoms with Crippen LogP contribution in [0.4, 0.5) is 0 Å². The molecule has 1 N–H and O–H groups in total. The molecule has 0 saturated carbocycles. The van der Waals surface area contributed by atoms with Crippen molar-refractivity contribution in [3.05, 3.63) is 0 Å². The second-order valence-electron chi connectivity index (χ2n) is 7.82.